The fourth-order valence-corrected chi connectivity index (χ4v) is 3.50. The van der Waals surface area contributed by atoms with Gasteiger partial charge < -0.3 is 14.7 Å². The van der Waals surface area contributed by atoms with Crippen LogP contribution in [0.25, 0.3) is 0 Å². The van der Waals surface area contributed by atoms with Gasteiger partial charge in [0.1, 0.15) is 0 Å². The van der Waals surface area contributed by atoms with Gasteiger partial charge in [-0.3, -0.25) is 0 Å². The Morgan fingerprint density at radius 2 is 1.74 bits per heavy atom. The second kappa shape index (κ2) is 8.16. The normalized spacial score (nSPS) is 23.5. The summed E-state index contributed by atoms with van der Waals surface area (Å²) < 4.78 is 5.97. The van der Waals surface area contributed by atoms with E-state index in [-0.39, 0.29) is 0 Å². The molecule has 1 aromatic carbocycles. The van der Waals surface area contributed by atoms with Gasteiger partial charge in [0.2, 0.25) is 0 Å². The van der Waals surface area contributed by atoms with E-state index in [1.54, 1.807) is 0 Å². The second-order valence-corrected chi connectivity index (χ2v) is 8.04. The Morgan fingerprint density at radius 3 is 2.30 bits per heavy atom. The van der Waals surface area contributed by atoms with Crippen molar-refractivity contribution in [2.45, 2.75) is 58.7 Å². The lowest BCUT2D eigenvalue weighted by Crippen LogP contribution is -2.35. The predicted molar refractivity (Wildman–Crippen MR) is 96.9 cm³/mol. The van der Waals surface area contributed by atoms with Crippen LogP contribution < -0.4 is 4.90 Å². The van der Waals surface area contributed by atoms with Crippen molar-refractivity contribution in [1.29, 1.82) is 0 Å². The zero-order valence-corrected chi connectivity index (χ0v) is 15.2. The molecule has 0 aliphatic heterocycles. The highest BCUT2D eigenvalue weighted by molar-refractivity contribution is 5.45. The third kappa shape index (κ3) is 5.82. The highest BCUT2D eigenvalue weighted by Gasteiger charge is 2.30. The first kappa shape index (κ1) is 18.3. The summed E-state index contributed by atoms with van der Waals surface area (Å²) in [6.07, 6.45) is 4.63. The maximum absolute atomic E-state index is 10.2. The molecule has 1 atom stereocenters. The third-order valence-corrected chi connectivity index (χ3v) is 5.10. The molecule has 1 aliphatic carbocycles. The molecular weight excluding hydrogens is 286 g/mol. The molecule has 1 fully saturated rings. The van der Waals surface area contributed by atoms with Gasteiger partial charge in [-0.05, 0) is 49.1 Å². The molecular formula is C20H33NO2. The fraction of sp³-hybridized carbons (Fsp3) is 0.700. The Balaban J connectivity index is 1.68. The Bertz CT molecular complexity index is 446. The molecule has 1 aliphatic rings. The SMILES string of the molecule is CN(CC(O)COC1CCC(C(C)(C)C)CC1)c1ccccc1. The standard InChI is InChI=1S/C20H33NO2/c1-20(2,3)16-10-12-19(13-11-16)23-15-18(22)14-21(4)17-8-6-5-7-9-17/h5-9,16,18-19,22H,10-15H2,1-4H3. The molecule has 1 unspecified atom stereocenters. The van der Waals surface area contributed by atoms with E-state index in [0.29, 0.717) is 24.7 Å². The van der Waals surface area contributed by atoms with Gasteiger partial charge in [0.15, 0.2) is 0 Å². The number of anilines is 1. The monoisotopic (exact) mass is 319 g/mol. The van der Waals surface area contributed by atoms with Crippen molar-refractivity contribution < 1.29 is 9.84 Å². The number of para-hydroxylation sites is 1. The smallest absolute Gasteiger partial charge is 0.0948 e. The third-order valence-electron chi connectivity index (χ3n) is 5.10. The van der Waals surface area contributed by atoms with Crippen LogP contribution in [0.4, 0.5) is 5.69 Å². The van der Waals surface area contributed by atoms with Crippen molar-refractivity contribution in [3.63, 3.8) is 0 Å². The van der Waals surface area contributed by atoms with E-state index in [1.165, 1.54) is 12.8 Å². The van der Waals surface area contributed by atoms with E-state index in [4.69, 9.17) is 4.74 Å². The molecule has 0 spiro atoms. The van der Waals surface area contributed by atoms with Crippen LogP contribution in [0, 0.1) is 11.3 Å². The van der Waals surface area contributed by atoms with Gasteiger partial charge in [-0.25, -0.2) is 0 Å². The van der Waals surface area contributed by atoms with Gasteiger partial charge in [0.25, 0.3) is 0 Å². The Labute approximate surface area is 141 Å². The molecule has 1 N–H and O–H groups in total. The predicted octanol–water partition coefficient (Wildman–Crippen LogP) is 4.11. The van der Waals surface area contributed by atoms with Crippen molar-refractivity contribution in [3.8, 4) is 0 Å². The molecule has 3 nitrogen and oxygen atoms in total. The molecule has 0 saturated heterocycles. The Hall–Kier alpha value is -1.06. The average molecular weight is 319 g/mol. The van der Waals surface area contributed by atoms with Crippen LogP contribution in [0.1, 0.15) is 46.5 Å². The summed E-state index contributed by atoms with van der Waals surface area (Å²) in [5, 5.41) is 10.2. The van der Waals surface area contributed by atoms with Crippen LogP contribution in [0.3, 0.4) is 0 Å². The average Bonchev–Trinajstić information content (AvgIpc) is 2.53. The van der Waals surface area contributed by atoms with E-state index in [2.05, 4.69) is 37.8 Å². The zero-order valence-electron chi connectivity index (χ0n) is 15.2. The van der Waals surface area contributed by atoms with E-state index in [0.717, 1.165) is 24.4 Å². The summed E-state index contributed by atoms with van der Waals surface area (Å²) >= 11 is 0. The first-order valence-corrected chi connectivity index (χ1v) is 8.92. The zero-order chi connectivity index (χ0) is 16.9. The first-order chi connectivity index (χ1) is 10.9. The number of benzene rings is 1. The summed E-state index contributed by atoms with van der Waals surface area (Å²) in [4.78, 5) is 2.07. The molecule has 23 heavy (non-hydrogen) atoms. The lowest BCUT2D eigenvalue weighted by atomic mass is 9.72. The van der Waals surface area contributed by atoms with Crippen LogP contribution in [0.2, 0.25) is 0 Å². The number of ether oxygens (including phenoxy) is 1. The summed E-state index contributed by atoms with van der Waals surface area (Å²) in [6, 6.07) is 10.2. The number of nitrogens with zero attached hydrogens (tertiary/aromatic N) is 1. The van der Waals surface area contributed by atoms with Crippen LogP contribution in [-0.4, -0.2) is 37.5 Å². The van der Waals surface area contributed by atoms with Crippen LogP contribution in [-0.2, 0) is 4.74 Å². The molecule has 2 rings (SSSR count). The van der Waals surface area contributed by atoms with Crippen LogP contribution in [0.5, 0.6) is 0 Å². The van der Waals surface area contributed by atoms with E-state index in [9.17, 15) is 5.11 Å². The van der Waals surface area contributed by atoms with Crippen molar-refractivity contribution in [2.24, 2.45) is 11.3 Å². The Morgan fingerprint density at radius 1 is 1.13 bits per heavy atom. The summed E-state index contributed by atoms with van der Waals surface area (Å²) in [6.45, 7) is 8.04. The number of rotatable bonds is 6. The van der Waals surface area contributed by atoms with Gasteiger partial charge in [-0.2, -0.15) is 0 Å². The number of likely N-dealkylation sites (N-methyl/N-ethyl adjacent to an activating group) is 1. The number of aliphatic hydroxyl groups excluding tert-OH is 1. The highest BCUT2D eigenvalue weighted by Crippen LogP contribution is 2.38. The van der Waals surface area contributed by atoms with Gasteiger partial charge in [-0.1, -0.05) is 39.0 Å². The highest BCUT2D eigenvalue weighted by atomic mass is 16.5. The molecule has 0 aromatic heterocycles. The summed E-state index contributed by atoms with van der Waals surface area (Å²) in [5.74, 6) is 0.802. The van der Waals surface area contributed by atoms with Gasteiger partial charge in [0.05, 0.1) is 18.8 Å². The van der Waals surface area contributed by atoms with Crippen molar-refractivity contribution in [1.82, 2.24) is 0 Å². The van der Waals surface area contributed by atoms with Crippen molar-refractivity contribution in [3.05, 3.63) is 30.3 Å². The molecule has 0 heterocycles. The van der Waals surface area contributed by atoms with Crippen molar-refractivity contribution in [2.75, 3.05) is 25.1 Å². The second-order valence-electron chi connectivity index (χ2n) is 8.04. The fourth-order valence-electron chi connectivity index (χ4n) is 3.50. The molecule has 1 aromatic rings. The maximum atomic E-state index is 10.2. The lowest BCUT2D eigenvalue weighted by Gasteiger charge is -2.37. The van der Waals surface area contributed by atoms with Gasteiger partial charge in [0, 0.05) is 19.3 Å². The minimum atomic E-state index is -0.444. The van der Waals surface area contributed by atoms with E-state index < -0.39 is 6.10 Å². The summed E-state index contributed by atoms with van der Waals surface area (Å²) in [7, 11) is 2.01. The molecule has 1 saturated carbocycles. The molecule has 130 valence electrons. The topological polar surface area (TPSA) is 32.7 Å². The number of hydrogen-bond donors (Lipinski definition) is 1. The molecule has 0 amide bonds. The molecule has 0 radical (unpaired) electrons. The quantitative estimate of drug-likeness (QED) is 0.856. The first-order valence-electron chi connectivity index (χ1n) is 8.92. The Kier molecular flexibility index (Phi) is 6.49. The minimum absolute atomic E-state index is 0.324. The van der Waals surface area contributed by atoms with E-state index in [1.807, 2.05) is 25.2 Å². The van der Waals surface area contributed by atoms with Crippen molar-refractivity contribution >= 4 is 5.69 Å². The largest absolute Gasteiger partial charge is 0.389 e. The number of hydrogen-bond acceptors (Lipinski definition) is 3. The lowest BCUT2D eigenvalue weighted by molar-refractivity contribution is -0.0344. The molecule has 3 heteroatoms. The maximum Gasteiger partial charge on any atom is 0.0948 e. The summed E-state index contributed by atoms with van der Waals surface area (Å²) in [5.41, 5.74) is 1.53. The van der Waals surface area contributed by atoms with Gasteiger partial charge >= 0.3 is 0 Å². The van der Waals surface area contributed by atoms with Crippen LogP contribution in [0.15, 0.2) is 30.3 Å². The number of aliphatic hydroxyl groups is 1. The van der Waals surface area contributed by atoms with Gasteiger partial charge in [-0.15, -0.1) is 0 Å². The molecule has 0 bridgehead atoms. The van der Waals surface area contributed by atoms with E-state index >= 15 is 0 Å². The minimum Gasteiger partial charge on any atom is -0.389 e. The van der Waals surface area contributed by atoms with Crippen LogP contribution >= 0.6 is 0 Å².